The summed E-state index contributed by atoms with van der Waals surface area (Å²) in [5.41, 5.74) is 1.65. The minimum Gasteiger partial charge on any atom is -0.134 e. The van der Waals surface area contributed by atoms with Crippen molar-refractivity contribution in [2.24, 2.45) is 0 Å². The fourth-order valence-corrected chi connectivity index (χ4v) is 3.80. The van der Waals surface area contributed by atoms with Gasteiger partial charge in [0.2, 0.25) is 0 Å². The Morgan fingerprint density at radius 1 is 1.15 bits per heavy atom. The van der Waals surface area contributed by atoms with Crippen molar-refractivity contribution in [3.05, 3.63) is 16.5 Å². The van der Waals surface area contributed by atoms with E-state index in [0.29, 0.717) is 0 Å². The Morgan fingerprint density at radius 2 is 1.92 bits per heavy atom. The quantitative estimate of drug-likeness (QED) is 0.631. The predicted octanol–water partition coefficient (Wildman–Crippen LogP) is 4.13. The van der Waals surface area contributed by atoms with E-state index in [1.165, 1.54) is 42.7 Å². The van der Waals surface area contributed by atoms with Crippen molar-refractivity contribution in [3.8, 4) is 0 Å². The third kappa shape index (κ3) is 2.29. The van der Waals surface area contributed by atoms with Gasteiger partial charge >= 0.3 is 0 Å². The summed E-state index contributed by atoms with van der Waals surface area (Å²) >= 11 is 3.92. The first-order valence-electron chi connectivity index (χ1n) is 5.06. The largest absolute Gasteiger partial charge is 0.134 e. The second-order valence-electron chi connectivity index (χ2n) is 3.63. The Morgan fingerprint density at radius 3 is 2.69 bits per heavy atom. The van der Waals surface area contributed by atoms with Gasteiger partial charge in [0.15, 0.2) is 0 Å². The van der Waals surface area contributed by atoms with Gasteiger partial charge in [-0.25, -0.2) is 0 Å². The Hall–Kier alpha value is 0.0500. The molecular weight excluding hydrogens is 196 g/mol. The molecule has 1 heterocycles. The second-order valence-corrected chi connectivity index (χ2v) is 5.88. The van der Waals surface area contributed by atoms with Crippen LogP contribution >= 0.6 is 23.1 Å². The zero-order valence-corrected chi connectivity index (χ0v) is 9.77. The first kappa shape index (κ1) is 9.60. The molecule has 0 spiro atoms. The molecule has 0 aliphatic heterocycles. The molecule has 0 atom stereocenters. The highest BCUT2D eigenvalue weighted by atomic mass is 32.2. The molecule has 0 N–H and O–H groups in total. The minimum atomic E-state index is 1.33. The average molecular weight is 212 g/mol. The van der Waals surface area contributed by atoms with Crippen molar-refractivity contribution >= 4 is 23.1 Å². The smallest absolute Gasteiger partial charge is 0.0601 e. The van der Waals surface area contributed by atoms with Gasteiger partial charge in [0, 0.05) is 4.88 Å². The molecule has 2 rings (SSSR count). The zero-order valence-electron chi connectivity index (χ0n) is 8.14. The molecule has 1 aliphatic carbocycles. The molecule has 0 saturated carbocycles. The molecule has 0 fully saturated rings. The molecular formula is C11H16S2. The Kier molecular flexibility index (Phi) is 3.33. The zero-order chi connectivity index (χ0) is 9.10. The van der Waals surface area contributed by atoms with Crippen LogP contribution in [0.4, 0.5) is 0 Å². The van der Waals surface area contributed by atoms with Gasteiger partial charge in [-0.2, -0.15) is 0 Å². The number of fused-ring (bicyclic) bond motifs is 1. The van der Waals surface area contributed by atoms with Gasteiger partial charge in [0.25, 0.3) is 0 Å². The number of hydrogen-bond acceptors (Lipinski definition) is 2. The molecule has 0 aromatic carbocycles. The van der Waals surface area contributed by atoms with Crippen molar-refractivity contribution in [2.45, 2.75) is 42.7 Å². The summed E-state index contributed by atoms with van der Waals surface area (Å²) in [7, 11) is 0. The summed E-state index contributed by atoms with van der Waals surface area (Å²) in [4.78, 5) is 1.67. The van der Waals surface area contributed by atoms with Gasteiger partial charge in [-0.3, -0.25) is 0 Å². The van der Waals surface area contributed by atoms with Crippen molar-refractivity contribution in [1.29, 1.82) is 0 Å². The molecule has 72 valence electrons. The van der Waals surface area contributed by atoms with E-state index in [-0.39, 0.29) is 0 Å². The number of thioether (sulfide) groups is 1. The molecule has 1 aromatic heterocycles. The lowest BCUT2D eigenvalue weighted by atomic mass is 10.0. The number of thiophene rings is 1. The maximum atomic E-state index is 2.41. The third-order valence-corrected chi connectivity index (χ3v) is 4.98. The monoisotopic (exact) mass is 212 g/mol. The van der Waals surface area contributed by atoms with Crippen molar-refractivity contribution in [2.75, 3.05) is 6.26 Å². The lowest BCUT2D eigenvalue weighted by Crippen LogP contribution is -1.94. The molecule has 0 bridgehead atoms. The standard InChI is InChI=1S/C11H16S2/c1-12-11-8-9-6-4-2-3-5-7-10(9)13-11/h8H,2-7H2,1H3. The number of aryl methyl sites for hydroxylation is 2. The third-order valence-electron chi connectivity index (χ3n) is 2.68. The fraction of sp³-hybridized carbons (Fsp3) is 0.636. The van der Waals surface area contributed by atoms with Crippen molar-refractivity contribution in [3.63, 3.8) is 0 Å². The van der Waals surface area contributed by atoms with Gasteiger partial charge in [0.05, 0.1) is 4.21 Å². The summed E-state index contributed by atoms with van der Waals surface area (Å²) in [5, 5.41) is 0. The van der Waals surface area contributed by atoms with E-state index in [0.717, 1.165) is 0 Å². The van der Waals surface area contributed by atoms with Crippen molar-refractivity contribution < 1.29 is 0 Å². The topological polar surface area (TPSA) is 0 Å². The predicted molar refractivity (Wildman–Crippen MR) is 62.0 cm³/mol. The van der Waals surface area contributed by atoms with Crippen molar-refractivity contribution in [1.82, 2.24) is 0 Å². The van der Waals surface area contributed by atoms with Crippen LogP contribution in [-0.2, 0) is 12.8 Å². The molecule has 2 heteroatoms. The van der Waals surface area contributed by atoms with E-state index in [2.05, 4.69) is 12.3 Å². The van der Waals surface area contributed by atoms with Crippen LogP contribution in [0.25, 0.3) is 0 Å². The van der Waals surface area contributed by atoms with E-state index in [1.807, 2.05) is 23.1 Å². The number of hydrogen-bond donors (Lipinski definition) is 0. The highest BCUT2D eigenvalue weighted by Gasteiger charge is 2.10. The van der Waals surface area contributed by atoms with Crippen LogP contribution in [0.15, 0.2) is 10.3 Å². The molecule has 13 heavy (non-hydrogen) atoms. The molecule has 0 unspecified atom stereocenters. The highest BCUT2D eigenvalue weighted by molar-refractivity contribution is 8.00. The van der Waals surface area contributed by atoms with Gasteiger partial charge in [-0.1, -0.05) is 12.8 Å². The SMILES string of the molecule is CSc1cc2c(s1)CCCCCC2. The summed E-state index contributed by atoms with van der Waals surface area (Å²) in [5.74, 6) is 0. The van der Waals surface area contributed by atoms with Crippen LogP contribution in [0.2, 0.25) is 0 Å². The van der Waals surface area contributed by atoms with Crippen LogP contribution in [0.5, 0.6) is 0 Å². The molecule has 1 aromatic rings. The maximum absolute atomic E-state index is 2.41. The van der Waals surface area contributed by atoms with E-state index in [1.54, 1.807) is 10.4 Å². The molecule has 1 aliphatic rings. The summed E-state index contributed by atoms with van der Waals surface area (Å²) in [6.07, 6.45) is 10.5. The van der Waals surface area contributed by atoms with Crippen LogP contribution in [0, 0.1) is 0 Å². The van der Waals surface area contributed by atoms with E-state index >= 15 is 0 Å². The van der Waals surface area contributed by atoms with Crippen LogP contribution in [-0.4, -0.2) is 6.26 Å². The Balaban J connectivity index is 2.21. The first-order valence-corrected chi connectivity index (χ1v) is 7.10. The van der Waals surface area contributed by atoms with E-state index in [9.17, 15) is 0 Å². The van der Waals surface area contributed by atoms with Gasteiger partial charge < -0.3 is 0 Å². The van der Waals surface area contributed by atoms with Crippen LogP contribution < -0.4 is 0 Å². The molecule has 0 amide bonds. The Labute approximate surface area is 88.7 Å². The number of rotatable bonds is 1. The van der Waals surface area contributed by atoms with Gasteiger partial charge in [-0.15, -0.1) is 23.1 Å². The molecule has 0 radical (unpaired) electrons. The van der Waals surface area contributed by atoms with Crippen LogP contribution in [0.1, 0.15) is 36.1 Å². The lowest BCUT2D eigenvalue weighted by Gasteiger charge is -2.07. The Bertz CT molecular complexity index is 250. The summed E-state index contributed by atoms with van der Waals surface area (Å²) < 4.78 is 1.51. The van der Waals surface area contributed by atoms with Gasteiger partial charge in [-0.05, 0) is 43.6 Å². The molecule has 0 saturated heterocycles. The summed E-state index contributed by atoms with van der Waals surface area (Å²) in [6, 6.07) is 2.41. The van der Waals surface area contributed by atoms with Crippen LogP contribution in [0.3, 0.4) is 0 Å². The fourth-order valence-electron chi connectivity index (χ4n) is 1.92. The maximum Gasteiger partial charge on any atom is 0.0601 e. The summed E-state index contributed by atoms with van der Waals surface area (Å²) in [6.45, 7) is 0. The first-order chi connectivity index (χ1) is 6.40. The lowest BCUT2D eigenvalue weighted by molar-refractivity contribution is 0.622. The normalized spacial score (nSPS) is 17.6. The average Bonchev–Trinajstić information content (AvgIpc) is 2.47. The highest BCUT2D eigenvalue weighted by Crippen LogP contribution is 2.32. The van der Waals surface area contributed by atoms with Gasteiger partial charge in [0.1, 0.15) is 0 Å². The second kappa shape index (κ2) is 4.52. The minimum absolute atomic E-state index is 1.33. The van der Waals surface area contributed by atoms with E-state index < -0.39 is 0 Å². The molecule has 0 nitrogen and oxygen atoms in total. The van der Waals surface area contributed by atoms with E-state index in [4.69, 9.17) is 0 Å².